The molecule has 0 saturated heterocycles. The van der Waals surface area contributed by atoms with Crippen LogP contribution in [0.2, 0.25) is 0 Å². The predicted molar refractivity (Wildman–Crippen MR) is 117 cm³/mol. The Labute approximate surface area is 181 Å². The van der Waals surface area contributed by atoms with Crippen LogP contribution in [-0.2, 0) is 16.6 Å². The van der Waals surface area contributed by atoms with Gasteiger partial charge in [0.15, 0.2) is 0 Å². The van der Waals surface area contributed by atoms with Crippen molar-refractivity contribution >= 4 is 21.6 Å². The van der Waals surface area contributed by atoms with Crippen molar-refractivity contribution in [1.82, 2.24) is 10.3 Å². The van der Waals surface area contributed by atoms with Crippen LogP contribution < -0.4 is 19.5 Å². The second-order valence-electron chi connectivity index (χ2n) is 6.48. The molecule has 0 atom stereocenters. The molecule has 0 unspecified atom stereocenters. The zero-order valence-corrected chi connectivity index (χ0v) is 18.0. The number of pyridine rings is 1. The molecule has 1 amide bonds. The van der Waals surface area contributed by atoms with E-state index in [4.69, 9.17) is 9.47 Å². The molecular weight excluding hydrogens is 418 g/mol. The minimum absolute atomic E-state index is 0.0526. The molecule has 8 nitrogen and oxygen atoms in total. The standard InChI is InChI=1S/C22H23N3O5S/c1-3-30-19-8-6-18(7-9-19)25-31(27,28)20-10-4-17(5-11-20)22(26)24-15-16-12-13-23-21(14-16)29-2/h4-14,25H,3,15H2,1-2H3,(H,24,26). The Morgan fingerprint density at radius 3 is 2.39 bits per heavy atom. The Kier molecular flexibility index (Phi) is 7.09. The fourth-order valence-electron chi connectivity index (χ4n) is 2.74. The van der Waals surface area contributed by atoms with Gasteiger partial charge in [0.05, 0.1) is 18.6 Å². The summed E-state index contributed by atoms with van der Waals surface area (Å²) in [4.78, 5) is 16.4. The molecule has 0 aliphatic rings. The average Bonchev–Trinajstić information content (AvgIpc) is 2.79. The highest BCUT2D eigenvalue weighted by atomic mass is 32.2. The number of anilines is 1. The molecule has 0 aliphatic carbocycles. The van der Waals surface area contributed by atoms with Crippen molar-refractivity contribution in [1.29, 1.82) is 0 Å². The number of nitrogens with zero attached hydrogens (tertiary/aromatic N) is 1. The first-order valence-electron chi connectivity index (χ1n) is 9.54. The second-order valence-corrected chi connectivity index (χ2v) is 8.16. The van der Waals surface area contributed by atoms with Gasteiger partial charge in [-0.15, -0.1) is 0 Å². The third-order valence-corrected chi connectivity index (χ3v) is 5.70. The van der Waals surface area contributed by atoms with Gasteiger partial charge in [-0.25, -0.2) is 13.4 Å². The highest BCUT2D eigenvalue weighted by molar-refractivity contribution is 7.92. The predicted octanol–water partition coefficient (Wildman–Crippen LogP) is 3.22. The molecule has 0 spiro atoms. The maximum Gasteiger partial charge on any atom is 0.261 e. The van der Waals surface area contributed by atoms with Crippen molar-refractivity contribution in [3.8, 4) is 11.6 Å². The SMILES string of the molecule is CCOc1ccc(NS(=O)(=O)c2ccc(C(=O)NCc3ccnc(OC)c3)cc2)cc1. The minimum Gasteiger partial charge on any atom is -0.494 e. The van der Waals surface area contributed by atoms with E-state index < -0.39 is 10.0 Å². The van der Waals surface area contributed by atoms with Crippen LogP contribution in [0.25, 0.3) is 0 Å². The molecule has 1 aromatic heterocycles. The second kappa shape index (κ2) is 9.94. The number of sulfonamides is 1. The molecule has 0 radical (unpaired) electrons. The maximum absolute atomic E-state index is 12.6. The number of amides is 1. The Morgan fingerprint density at radius 1 is 1.03 bits per heavy atom. The van der Waals surface area contributed by atoms with E-state index in [2.05, 4.69) is 15.0 Å². The average molecular weight is 442 g/mol. The molecule has 162 valence electrons. The highest BCUT2D eigenvalue weighted by Crippen LogP contribution is 2.20. The number of methoxy groups -OCH3 is 1. The number of hydrogen-bond acceptors (Lipinski definition) is 6. The van der Waals surface area contributed by atoms with Crippen molar-refractivity contribution in [3.05, 3.63) is 78.0 Å². The lowest BCUT2D eigenvalue weighted by Crippen LogP contribution is -2.23. The van der Waals surface area contributed by atoms with Gasteiger partial charge in [0.1, 0.15) is 5.75 Å². The van der Waals surface area contributed by atoms with Crippen LogP contribution in [0, 0.1) is 0 Å². The van der Waals surface area contributed by atoms with E-state index in [1.54, 1.807) is 42.6 Å². The molecule has 0 bridgehead atoms. The van der Waals surface area contributed by atoms with Crippen molar-refractivity contribution in [3.63, 3.8) is 0 Å². The third kappa shape index (κ3) is 5.95. The minimum atomic E-state index is -3.79. The summed E-state index contributed by atoms with van der Waals surface area (Å²) in [6.45, 7) is 2.69. The summed E-state index contributed by atoms with van der Waals surface area (Å²) in [5.41, 5.74) is 1.60. The molecule has 31 heavy (non-hydrogen) atoms. The van der Waals surface area contributed by atoms with E-state index in [0.717, 1.165) is 5.56 Å². The van der Waals surface area contributed by atoms with E-state index >= 15 is 0 Å². The lowest BCUT2D eigenvalue weighted by Gasteiger charge is -2.10. The van der Waals surface area contributed by atoms with Crippen molar-refractivity contribution in [2.45, 2.75) is 18.4 Å². The first-order chi connectivity index (χ1) is 14.9. The number of carbonyl (C=O) groups is 1. The van der Waals surface area contributed by atoms with E-state index in [1.165, 1.54) is 31.4 Å². The Morgan fingerprint density at radius 2 is 1.74 bits per heavy atom. The van der Waals surface area contributed by atoms with Crippen LogP contribution >= 0.6 is 0 Å². The fraction of sp³-hybridized carbons (Fsp3) is 0.182. The van der Waals surface area contributed by atoms with E-state index in [0.29, 0.717) is 29.5 Å². The molecule has 0 saturated carbocycles. The van der Waals surface area contributed by atoms with Gasteiger partial charge in [-0.1, -0.05) is 0 Å². The Hall–Kier alpha value is -3.59. The molecular formula is C22H23N3O5S. The fourth-order valence-corrected chi connectivity index (χ4v) is 3.80. The number of carbonyl (C=O) groups excluding carboxylic acids is 1. The summed E-state index contributed by atoms with van der Waals surface area (Å²) < 4.78 is 38.1. The van der Waals surface area contributed by atoms with E-state index in [-0.39, 0.29) is 17.3 Å². The quantitative estimate of drug-likeness (QED) is 0.528. The van der Waals surface area contributed by atoms with E-state index in [1.807, 2.05) is 6.92 Å². The van der Waals surface area contributed by atoms with Crippen LogP contribution in [0.4, 0.5) is 5.69 Å². The smallest absolute Gasteiger partial charge is 0.261 e. The summed E-state index contributed by atoms with van der Waals surface area (Å²) in [7, 11) is -2.27. The van der Waals surface area contributed by atoms with Gasteiger partial charge in [0, 0.05) is 30.1 Å². The molecule has 2 aromatic carbocycles. The van der Waals surface area contributed by atoms with Gasteiger partial charge in [-0.3, -0.25) is 9.52 Å². The molecule has 0 fully saturated rings. The number of ether oxygens (including phenoxy) is 2. The normalized spacial score (nSPS) is 10.9. The first-order valence-corrected chi connectivity index (χ1v) is 11.0. The molecule has 2 N–H and O–H groups in total. The molecule has 1 heterocycles. The largest absolute Gasteiger partial charge is 0.494 e. The summed E-state index contributed by atoms with van der Waals surface area (Å²) >= 11 is 0. The number of benzene rings is 2. The molecule has 9 heteroatoms. The third-order valence-electron chi connectivity index (χ3n) is 4.31. The zero-order chi connectivity index (χ0) is 22.3. The van der Waals surface area contributed by atoms with E-state index in [9.17, 15) is 13.2 Å². The Balaban J connectivity index is 1.63. The van der Waals surface area contributed by atoms with Crippen molar-refractivity contribution < 1.29 is 22.7 Å². The summed E-state index contributed by atoms with van der Waals surface area (Å²) in [6.07, 6.45) is 1.59. The van der Waals surface area contributed by atoms with Crippen molar-refractivity contribution in [2.24, 2.45) is 0 Å². The molecule has 3 aromatic rings. The van der Waals surface area contributed by atoms with Crippen molar-refractivity contribution in [2.75, 3.05) is 18.4 Å². The van der Waals surface area contributed by atoms with Crippen LogP contribution in [-0.4, -0.2) is 33.0 Å². The first kappa shape index (κ1) is 22.1. The monoisotopic (exact) mass is 441 g/mol. The number of hydrogen-bond donors (Lipinski definition) is 2. The zero-order valence-electron chi connectivity index (χ0n) is 17.2. The highest BCUT2D eigenvalue weighted by Gasteiger charge is 2.15. The van der Waals surface area contributed by atoms with Gasteiger partial charge in [-0.05, 0) is 67.1 Å². The topological polar surface area (TPSA) is 107 Å². The van der Waals surface area contributed by atoms with Crippen LogP contribution in [0.3, 0.4) is 0 Å². The van der Waals surface area contributed by atoms with Crippen LogP contribution in [0.5, 0.6) is 11.6 Å². The molecule has 3 rings (SSSR count). The van der Waals surface area contributed by atoms with Crippen LogP contribution in [0.1, 0.15) is 22.8 Å². The Bertz CT molecular complexity index is 1130. The lowest BCUT2D eigenvalue weighted by molar-refractivity contribution is 0.0950. The van der Waals surface area contributed by atoms with Gasteiger partial charge < -0.3 is 14.8 Å². The number of nitrogens with one attached hydrogen (secondary N) is 2. The van der Waals surface area contributed by atoms with Gasteiger partial charge in [0.2, 0.25) is 5.88 Å². The lowest BCUT2D eigenvalue weighted by atomic mass is 10.2. The summed E-state index contributed by atoms with van der Waals surface area (Å²) in [5.74, 6) is 0.798. The van der Waals surface area contributed by atoms with Gasteiger partial charge >= 0.3 is 0 Å². The summed E-state index contributed by atoms with van der Waals surface area (Å²) in [6, 6.07) is 15.8. The van der Waals surface area contributed by atoms with Gasteiger partial charge in [-0.2, -0.15) is 0 Å². The molecule has 0 aliphatic heterocycles. The summed E-state index contributed by atoms with van der Waals surface area (Å²) in [5, 5.41) is 2.78. The van der Waals surface area contributed by atoms with Gasteiger partial charge in [0.25, 0.3) is 15.9 Å². The number of aromatic nitrogens is 1. The number of rotatable bonds is 9. The van der Waals surface area contributed by atoms with Crippen LogP contribution in [0.15, 0.2) is 71.8 Å². The maximum atomic E-state index is 12.6.